The zero-order chi connectivity index (χ0) is 19.7. The van der Waals surface area contributed by atoms with E-state index in [1.165, 1.54) is 4.68 Å². The fourth-order valence-electron chi connectivity index (χ4n) is 4.07. The van der Waals surface area contributed by atoms with Gasteiger partial charge in [-0.1, -0.05) is 18.2 Å². The Morgan fingerprint density at radius 2 is 2.04 bits per heavy atom. The fourth-order valence-corrected chi connectivity index (χ4v) is 4.07. The van der Waals surface area contributed by atoms with Gasteiger partial charge in [0.05, 0.1) is 13.2 Å². The molecule has 0 radical (unpaired) electrons. The van der Waals surface area contributed by atoms with Crippen LogP contribution in [0.5, 0.6) is 0 Å². The molecule has 2 aliphatic rings. The minimum atomic E-state index is -0.0445. The van der Waals surface area contributed by atoms with E-state index < -0.39 is 0 Å². The first kappa shape index (κ1) is 18.9. The van der Waals surface area contributed by atoms with Gasteiger partial charge in [-0.2, -0.15) is 5.10 Å². The molecule has 2 aromatic rings. The second-order valence-corrected chi connectivity index (χ2v) is 7.86. The van der Waals surface area contributed by atoms with Crippen molar-refractivity contribution in [2.75, 3.05) is 26.8 Å². The van der Waals surface area contributed by atoms with Crippen LogP contribution in [0.2, 0.25) is 0 Å². The number of methoxy groups -OCH3 is 1. The van der Waals surface area contributed by atoms with E-state index in [9.17, 15) is 9.59 Å². The van der Waals surface area contributed by atoms with Gasteiger partial charge in [0, 0.05) is 37.7 Å². The largest absolute Gasteiger partial charge is 0.383 e. The molecule has 1 aliphatic heterocycles. The highest BCUT2D eigenvalue weighted by atomic mass is 16.5. The van der Waals surface area contributed by atoms with Crippen LogP contribution in [0.4, 0.5) is 0 Å². The summed E-state index contributed by atoms with van der Waals surface area (Å²) in [5.41, 5.74) is 1.71. The number of rotatable bonds is 6. The second-order valence-electron chi connectivity index (χ2n) is 7.86. The van der Waals surface area contributed by atoms with Gasteiger partial charge in [-0.15, -0.1) is 0 Å². The minimum Gasteiger partial charge on any atom is -0.383 e. The summed E-state index contributed by atoms with van der Waals surface area (Å²) in [5.74, 6) is 1.01. The summed E-state index contributed by atoms with van der Waals surface area (Å²) in [6.07, 6.45) is 3.93. The Kier molecular flexibility index (Phi) is 5.35. The van der Waals surface area contributed by atoms with Crippen molar-refractivity contribution in [3.8, 4) is 0 Å². The second kappa shape index (κ2) is 7.91. The first-order valence-electron chi connectivity index (χ1n) is 10.1. The summed E-state index contributed by atoms with van der Waals surface area (Å²) in [6, 6.07) is 7.98. The molecule has 1 aromatic heterocycles. The number of amides is 1. The number of aromatic nitrogens is 3. The van der Waals surface area contributed by atoms with Crippen LogP contribution in [0.1, 0.15) is 59.4 Å². The van der Waals surface area contributed by atoms with Crippen molar-refractivity contribution in [1.82, 2.24) is 19.2 Å². The molecule has 1 saturated carbocycles. The smallest absolute Gasteiger partial charge is 0.346 e. The van der Waals surface area contributed by atoms with Crippen LogP contribution in [0, 0.1) is 6.92 Å². The molecule has 0 spiro atoms. The Labute approximate surface area is 164 Å². The molecule has 7 heteroatoms. The number of piperidine rings is 1. The molecule has 1 aliphatic carbocycles. The summed E-state index contributed by atoms with van der Waals surface area (Å²) in [7, 11) is 1.63. The zero-order valence-electron chi connectivity index (χ0n) is 16.6. The standard InChI is InChI=1S/C21H28N4O3/c1-15-6-3-4-8-18(15)20(26)23-11-5-7-16(14-23)19-22-24(12-13-28-2)21(27)25(19)17-9-10-17/h3-4,6,8,16-17H,5,7,9-14H2,1-2H3. The van der Waals surface area contributed by atoms with Crippen LogP contribution in [0.3, 0.4) is 0 Å². The SMILES string of the molecule is COCCn1nc(C2CCCN(C(=O)c3ccccc3C)C2)n(C2CC2)c1=O. The van der Waals surface area contributed by atoms with Gasteiger partial charge in [0.25, 0.3) is 5.91 Å². The fraction of sp³-hybridized carbons (Fsp3) is 0.571. The van der Waals surface area contributed by atoms with Gasteiger partial charge < -0.3 is 9.64 Å². The zero-order valence-corrected chi connectivity index (χ0v) is 16.6. The van der Waals surface area contributed by atoms with E-state index in [0.717, 1.165) is 49.2 Å². The predicted molar refractivity (Wildman–Crippen MR) is 106 cm³/mol. The minimum absolute atomic E-state index is 0.0445. The average Bonchev–Trinajstić information content (AvgIpc) is 3.50. The van der Waals surface area contributed by atoms with E-state index in [4.69, 9.17) is 4.74 Å². The van der Waals surface area contributed by atoms with E-state index in [1.807, 2.05) is 40.7 Å². The van der Waals surface area contributed by atoms with E-state index >= 15 is 0 Å². The third kappa shape index (κ3) is 3.63. The lowest BCUT2D eigenvalue weighted by atomic mass is 9.96. The molecule has 4 rings (SSSR count). The van der Waals surface area contributed by atoms with Crippen molar-refractivity contribution in [2.45, 2.75) is 51.1 Å². The topological polar surface area (TPSA) is 69.4 Å². The molecule has 2 heterocycles. The molecule has 1 unspecified atom stereocenters. The van der Waals surface area contributed by atoms with Gasteiger partial charge >= 0.3 is 5.69 Å². The number of aryl methyl sites for hydroxylation is 1. The van der Waals surface area contributed by atoms with Crippen molar-refractivity contribution in [3.05, 3.63) is 51.7 Å². The quantitative estimate of drug-likeness (QED) is 0.767. The number of hydrogen-bond donors (Lipinski definition) is 0. The molecule has 1 atom stereocenters. The number of carbonyl (C=O) groups excluding carboxylic acids is 1. The summed E-state index contributed by atoms with van der Waals surface area (Å²) in [5, 5.41) is 4.67. The maximum absolute atomic E-state index is 13.1. The van der Waals surface area contributed by atoms with Crippen molar-refractivity contribution in [1.29, 1.82) is 0 Å². The number of ether oxygens (including phenoxy) is 1. The maximum atomic E-state index is 13.1. The molecule has 0 bridgehead atoms. The lowest BCUT2D eigenvalue weighted by Crippen LogP contribution is -2.40. The van der Waals surface area contributed by atoms with Gasteiger partial charge in [-0.25, -0.2) is 9.48 Å². The maximum Gasteiger partial charge on any atom is 0.346 e. The molecule has 1 amide bonds. The number of benzene rings is 1. The lowest BCUT2D eigenvalue weighted by Gasteiger charge is -2.32. The van der Waals surface area contributed by atoms with Crippen molar-refractivity contribution < 1.29 is 9.53 Å². The first-order chi connectivity index (χ1) is 13.6. The Morgan fingerprint density at radius 1 is 1.25 bits per heavy atom. The summed E-state index contributed by atoms with van der Waals surface area (Å²) in [6.45, 7) is 4.25. The Bertz CT molecular complexity index is 913. The molecular weight excluding hydrogens is 356 g/mol. The van der Waals surface area contributed by atoms with Crippen LogP contribution in [-0.4, -0.2) is 52.0 Å². The van der Waals surface area contributed by atoms with E-state index in [-0.39, 0.29) is 23.6 Å². The Morgan fingerprint density at radius 3 is 2.75 bits per heavy atom. The monoisotopic (exact) mass is 384 g/mol. The molecule has 2 fully saturated rings. The average molecular weight is 384 g/mol. The van der Waals surface area contributed by atoms with Crippen LogP contribution >= 0.6 is 0 Å². The van der Waals surface area contributed by atoms with Crippen LogP contribution in [0.15, 0.2) is 29.1 Å². The van der Waals surface area contributed by atoms with E-state index in [1.54, 1.807) is 7.11 Å². The Hall–Kier alpha value is -2.41. The molecule has 7 nitrogen and oxygen atoms in total. The highest BCUT2D eigenvalue weighted by Crippen LogP contribution is 2.37. The van der Waals surface area contributed by atoms with Crippen molar-refractivity contribution in [2.24, 2.45) is 0 Å². The van der Waals surface area contributed by atoms with Gasteiger partial charge in [0.2, 0.25) is 0 Å². The highest BCUT2D eigenvalue weighted by molar-refractivity contribution is 5.95. The molecule has 150 valence electrons. The van der Waals surface area contributed by atoms with Gasteiger partial charge in [-0.05, 0) is 44.2 Å². The molecular formula is C21H28N4O3. The summed E-state index contributed by atoms with van der Waals surface area (Å²) >= 11 is 0. The van der Waals surface area contributed by atoms with Gasteiger partial charge in [0.15, 0.2) is 0 Å². The number of likely N-dealkylation sites (tertiary alicyclic amines) is 1. The van der Waals surface area contributed by atoms with Gasteiger partial charge in [-0.3, -0.25) is 9.36 Å². The number of nitrogens with zero attached hydrogens (tertiary/aromatic N) is 4. The van der Waals surface area contributed by atoms with Crippen LogP contribution in [0.25, 0.3) is 0 Å². The molecule has 0 N–H and O–H groups in total. The van der Waals surface area contributed by atoms with Crippen molar-refractivity contribution >= 4 is 5.91 Å². The van der Waals surface area contributed by atoms with Gasteiger partial charge in [0.1, 0.15) is 5.82 Å². The number of carbonyl (C=O) groups is 1. The predicted octanol–water partition coefficient (Wildman–Crippen LogP) is 2.35. The van der Waals surface area contributed by atoms with E-state index in [0.29, 0.717) is 19.7 Å². The highest BCUT2D eigenvalue weighted by Gasteiger charge is 2.35. The van der Waals surface area contributed by atoms with E-state index in [2.05, 4.69) is 5.10 Å². The summed E-state index contributed by atoms with van der Waals surface area (Å²) < 4.78 is 8.52. The first-order valence-corrected chi connectivity index (χ1v) is 10.1. The van der Waals surface area contributed by atoms with Crippen LogP contribution < -0.4 is 5.69 Å². The van der Waals surface area contributed by atoms with Crippen molar-refractivity contribution in [3.63, 3.8) is 0 Å². The summed E-state index contributed by atoms with van der Waals surface area (Å²) in [4.78, 5) is 27.8. The third-order valence-electron chi connectivity index (χ3n) is 5.77. The lowest BCUT2D eigenvalue weighted by molar-refractivity contribution is 0.0702. The Balaban J connectivity index is 1.59. The number of hydrogen-bond acceptors (Lipinski definition) is 4. The normalized spacial score (nSPS) is 19.8. The molecule has 1 saturated heterocycles. The molecule has 1 aromatic carbocycles. The molecule has 28 heavy (non-hydrogen) atoms. The third-order valence-corrected chi connectivity index (χ3v) is 5.77. The van der Waals surface area contributed by atoms with Crippen LogP contribution in [-0.2, 0) is 11.3 Å².